The SMILES string of the molecule is S=c1oc(-c2nc(-c3ccccc3)n(-c3ccccc3)n2)nn1CN1CCOCC1. The second kappa shape index (κ2) is 8.31. The summed E-state index contributed by atoms with van der Waals surface area (Å²) in [5.41, 5.74) is 1.85. The Morgan fingerprint density at radius 3 is 2.33 bits per heavy atom. The van der Waals surface area contributed by atoms with E-state index in [2.05, 4.69) is 15.1 Å². The Morgan fingerprint density at radius 1 is 0.900 bits per heavy atom. The molecular formula is C21H20N6O2S. The highest BCUT2D eigenvalue weighted by molar-refractivity contribution is 7.71. The van der Waals surface area contributed by atoms with Gasteiger partial charge in [0.05, 0.1) is 25.6 Å². The van der Waals surface area contributed by atoms with Gasteiger partial charge in [0.1, 0.15) is 0 Å². The minimum absolute atomic E-state index is 0.300. The first-order valence-electron chi connectivity index (χ1n) is 9.74. The van der Waals surface area contributed by atoms with Crippen LogP contribution in [0.3, 0.4) is 0 Å². The van der Waals surface area contributed by atoms with Gasteiger partial charge in [-0.25, -0.2) is 14.3 Å². The third kappa shape index (κ3) is 3.82. The summed E-state index contributed by atoms with van der Waals surface area (Å²) in [6, 6.07) is 19.8. The number of nitrogens with zero attached hydrogens (tertiary/aromatic N) is 6. The molecule has 152 valence electrons. The molecule has 30 heavy (non-hydrogen) atoms. The van der Waals surface area contributed by atoms with Crippen LogP contribution in [0, 0.1) is 4.84 Å². The highest BCUT2D eigenvalue weighted by Crippen LogP contribution is 2.24. The Hall–Kier alpha value is -3.14. The van der Waals surface area contributed by atoms with Crippen molar-refractivity contribution in [2.75, 3.05) is 26.3 Å². The van der Waals surface area contributed by atoms with E-state index in [4.69, 9.17) is 26.4 Å². The summed E-state index contributed by atoms with van der Waals surface area (Å²) in [5, 5.41) is 9.23. The molecule has 1 aliphatic heterocycles. The van der Waals surface area contributed by atoms with Gasteiger partial charge in [0.25, 0.3) is 10.7 Å². The normalized spacial score (nSPS) is 14.8. The van der Waals surface area contributed by atoms with E-state index in [0.717, 1.165) is 24.3 Å². The second-order valence-corrected chi connectivity index (χ2v) is 7.27. The molecule has 0 N–H and O–H groups in total. The van der Waals surface area contributed by atoms with Gasteiger partial charge < -0.3 is 9.15 Å². The van der Waals surface area contributed by atoms with Gasteiger partial charge in [0.15, 0.2) is 5.82 Å². The molecule has 1 fully saturated rings. The zero-order valence-corrected chi connectivity index (χ0v) is 17.0. The highest BCUT2D eigenvalue weighted by Gasteiger charge is 2.20. The predicted octanol–water partition coefficient (Wildman–Crippen LogP) is 3.41. The van der Waals surface area contributed by atoms with Gasteiger partial charge in [0, 0.05) is 18.7 Å². The molecule has 8 nitrogen and oxygen atoms in total. The van der Waals surface area contributed by atoms with E-state index in [1.54, 1.807) is 9.36 Å². The summed E-state index contributed by atoms with van der Waals surface area (Å²) in [6.45, 7) is 3.64. The number of para-hydroxylation sites is 1. The number of hydrogen-bond acceptors (Lipinski definition) is 7. The van der Waals surface area contributed by atoms with Gasteiger partial charge >= 0.3 is 0 Å². The zero-order valence-electron chi connectivity index (χ0n) is 16.2. The first kappa shape index (κ1) is 18.9. The van der Waals surface area contributed by atoms with Crippen molar-refractivity contribution < 1.29 is 9.15 Å². The maximum absolute atomic E-state index is 5.75. The van der Waals surface area contributed by atoms with Crippen molar-refractivity contribution in [3.8, 4) is 28.8 Å². The minimum Gasteiger partial charge on any atom is -0.406 e. The third-order valence-electron chi connectivity index (χ3n) is 4.88. The van der Waals surface area contributed by atoms with E-state index in [0.29, 0.717) is 42.3 Å². The van der Waals surface area contributed by atoms with Crippen LogP contribution < -0.4 is 0 Å². The molecule has 9 heteroatoms. The van der Waals surface area contributed by atoms with Gasteiger partial charge in [0.2, 0.25) is 5.82 Å². The highest BCUT2D eigenvalue weighted by atomic mass is 32.1. The van der Waals surface area contributed by atoms with E-state index >= 15 is 0 Å². The number of hydrogen-bond donors (Lipinski definition) is 0. The zero-order chi connectivity index (χ0) is 20.3. The average molecular weight is 420 g/mol. The molecule has 0 amide bonds. The van der Waals surface area contributed by atoms with Crippen molar-refractivity contribution in [1.82, 2.24) is 29.4 Å². The van der Waals surface area contributed by atoms with E-state index in [9.17, 15) is 0 Å². The molecule has 0 spiro atoms. The largest absolute Gasteiger partial charge is 0.406 e. The topological polar surface area (TPSA) is 74.1 Å². The maximum Gasteiger partial charge on any atom is 0.288 e. The van der Waals surface area contributed by atoms with E-state index in [1.807, 2.05) is 60.7 Å². The van der Waals surface area contributed by atoms with Crippen molar-refractivity contribution in [2.45, 2.75) is 6.67 Å². The van der Waals surface area contributed by atoms with Crippen LogP contribution in [-0.2, 0) is 11.4 Å². The Bertz CT molecular complexity index is 1120. The molecule has 0 atom stereocenters. The van der Waals surface area contributed by atoms with Crippen LogP contribution in [0.2, 0.25) is 0 Å². The van der Waals surface area contributed by atoms with Crippen molar-refractivity contribution in [1.29, 1.82) is 0 Å². The van der Waals surface area contributed by atoms with Crippen LogP contribution in [0.25, 0.3) is 28.8 Å². The molecule has 1 aliphatic rings. The standard InChI is InChI=1S/C21H20N6O2S/c30-21-26(15-25-11-13-28-14-12-25)24-20(29-21)18-22-19(16-7-3-1-4-8-16)27(23-18)17-9-5-2-6-10-17/h1-10H,11-15H2. The van der Waals surface area contributed by atoms with Gasteiger partial charge in [-0.15, -0.1) is 10.2 Å². The van der Waals surface area contributed by atoms with E-state index in [1.165, 1.54) is 0 Å². The summed E-state index contributed by atoms with van der Waals surface area (Å²) >= 11 is 5.38. The number of benzene rings is 2. The molecule has 2 aromatic heterocycles. The molecular weight excluding hydrogens is 400 g/mol. The van der Waals surface area contributed by atoms with E-state index < -0.39 is 0 Å². The maximum atomic E-state index is 5.75. The lowest BCUT2D eigenvalue weighted by Crippen LogP contribution is -2.37. The lowest BCUT2D eigenvalue weighted by Gasteiger charge is -2.25. The monoisotopic (exact) mass is 420 g/mol. The van der Waals surface area contributed by atoms with Gasteiger partial charge in [-0.05, 0) is 24.4 Å². The molecule has 0 unspecified atom stereocenters. The summed E-state index contributed by atoms with van der Waals surface area (Å²) in [4.78, 5) is 7.25. The Balaban J connectivity index is 1.53. The molecule has 4 aromatic rings. The van der Waals surface area contributed by atoms with E-state index in [-0.39, 0.29) is 0 Å². The van der Waals surface area contributed by atoms with Crippen LogP contribution >= 0.6 is 12.2 Å². The third-order valence-corrected chi connectivity index (χ3v) is 5.17. The summed E-state index contributed by atoms with van der Waals surface area (Å²) < 4.78 is 14.6. The first-order valence-corrected chi connectivity index (χ1v) is 10.1. The van der Waals surface area contributed by atoms with Gasteiger partial charge in [-0.3, -0.25) is 4.90 Å². The number of ether oxygens (including phenoxy) is 1. The number of aromatic nitrogens is 5. The molecule has 0 bridgehead atoms. The number of morpholine rings is 1. The van der Waals surface area contributed by atoms with Crippen LogP contribution in [0.15, 0.2) is 65.1 Å². The lowest BCUT2D eigenvalue weighted by molar-refractivity contribution is 0.0206. The minimum atomic E-state index is 0.300. The fourth-order valence-electron chi connectivity index (χ4n) is 3.34. The Labute approximate surface area is 178 Å². The lowest BCUT2D eigenvalue weighted by atomic mass is 10.2. The quantitative estimate of drug-likeness (QED) is 0.458. The molecule has 2 aromatic carbocycles. The van der Waals surface area contributed by atoms with Crippen LogP contribution in [0.4, 0.5) is 0 Å². The Morgan fingerprint density at radius 2 is 1.60 bits per heavy atom. The summed E-state index contributed by atoms with van der Waals surface area (Å²) in [5.74, 6) is 1.41. The fraction of sp³-hybridized carbons (Fsp3) is 0.238. The first-order chi connectivity index (χ1) is 14.8. The molecule has 0 saturated carbocycles. The molecule has 5 rings (SSSR count). The average Bonchev–Trinajstić information content (AvgIpc) is 3.40. The van der Waals surface area contributed by atoms with Gasteiger partial charge in [-0.2, -0.15) is 0 Å². The second-order valence-electron chi connectivity index (χ2n) is 6.92. The van der Waals surface area contributed by atoms with Gasteiger partial charge in [-0.1, -0.05) is 48.5 Å². The van der Waals surface area contributed by atoms with Crippen molar-refractivity contribution in [2.24, 2.45) is 0 Å². The smallest absolute Gasteiger partial charge is 0.288 e. The molecule has 0 radical (unpaired) electrons. The number of rotatable bonds is 5. The molecule has 0 aliphatic carbocycles. The van der Waals surface area contributed by atoms with Crippen molar-refractivity contribution in [3.63, 3.8) is 0 Å². The summed E-state index contributed by atoms with van der Waals surface area (Å²) in [6.07, 6.45) is 0. The Kier molecular flexibility index (Phi) is 5.22. The van der Waals surface area contributed by atoms with Crippen molar-refractivity contribution in [3.05, 3.63) is 65.5 Å². The van der Waals surface area contributed by atoms with Crippen LogP contribution in [0.1, 0.15) is 0 Å². The van der Waals surface area contributed by atoms with Crippen LogP contribution in [-0.4, -0.2) is 55.7 Å². The molecule has 3 heterocycles. The van der Waals surface area contributed by atoms with Crippen LogP contribution in [0.5, 0.6) is 0 Å². The molecule has 1 saturated heterocycles. The fourth-order valence-corrected chi connectivity index (χ4v) is 3.52. The predicted molar refractivity (Wildman–Crippen MR) is 114 cm³/mol. The summed E-state index contributed by atoms with van der Waals surface area (Å²) in [7, 11) is 0. The van der Waals surface area contributed by atoms with Crippen molar-refractivity contribution >= 4 is 12.2 Å².